The second kappa shape index (κ2) is 6.30. The van der Waals surface area contributed by atoms with Crippen molar-refractivity contribution in [3.8, 4) is 0 Å². The summed E-state index contributed by atoms with van der Waals surface area (Å²) in [5.41, 5.74) is 0.355. The Labute approximate surface area is 100 Å². The monoisotopic (exact) mass is 240 g/mol. The maximum Gasteiger partial charge on any atom is 0.272 e. The molecule has 1 rings (SSSR count). The highest BCUT2D eigenvalue weighted by molar-refractivity contribution is 5.34. The predicted octanol–water partition coefficient (Wildman–Crippen LogP) is 2.62. The first-order valence-electron chi connectivity index (χ1n) is 5.58. The van der Waals surface area contributed by atoms with E-state index in [-0.39, 0.29) is 5.69 Å². The molecule has 0 aromatic heterocycles. The van der Waals surface area contributed by atoms with Crippen LogP contribution >= 0.6 is 0 Å². The van der Waals surface area contributed by atoms with Gasteiger partial charge in [-0.2, -0.15) is 0 Å². The van der Waals surface area contributed by atoms with Crippen molar-refractivity contribution in [2.75, 3.05) is 20.6 Å². The molecular weight excluding hydrogens is 223 g/mol. The summed E-state index contributed by atoms with van der Waals surface area (Å²) in [7, 11) is 3.99. The number of benzene rings is 1. The molecule has 0 aliphatic rings. The molecule has 0 amide bonds. The summed E-state index contributed by atoms with van der Waals surface area (Å²) in [4.78, 5) is 11.9. The number of hydrogen-bond acceptors (Lipinski definition) is 3. The lowest BCUT2D eigenvalue weighted by molar-refractivity contribution is -0.385. The van der Waals surface area contributed by atoms with Crippen LogP contribution in [-0.4, -0.2) is 30.5 Å². The van der Waals surface area contributed by atoms with Crippen molar-refractivity contribution in [2.24, 2.45) is 0 Å². The topological polar surface area (TPSA) is 46.4 Å². The molecule has 0 fully saturated rings. The van der Waals surface area contributed by atoms with Crippen molar-refractivity contribution in [3.05, 3.63) is 39.7 Å². The Hall–Kier alpha value is -1.49. The normalized spacial score (nSPS) is 10.8. The maximum atomic E-state index is 13.5. The minimum atomic E-state index is -0.584. The Morgan fingerprint density at radius 1 is 1.35 bits per heavy atom. The lowest BCUT2D eigenvalue weighted by Gasteiger charge is -2.08. The van der Waals surface area contributed by atoms with Gasteiger partial charge in [-0.15, -0.1) is 0 Å². The summed E-state index contributed by atoms with van der Waals surface area (Å²) in [6.07, 6.45) is 2.49. The zero-order valence-corrected chi connectivity index (χ0v) is 10.1. The number of non-ortho nitro benzene ring substituents is 1. The Morgan fingerprint density at radius 3 is 2.59 bits per heavy atom. The zero-order valence-electron chi connectivity index (χ0n) is 10.1. The first kappa shape index (κ1) is 13.6. The fraction of sp³-hybridized carbons (Fsp3) is 0.500. The van der Waals surface area contributed by atoms with Gasteiger partial charge in [0.05, 0.1) is 11.0 Å². The summed E-state index contributed by atoms with van der Waals surface area (Å²) in [6.45, 7) is 0.967. The van der Waals surface area contributed by atoms with E-state index in [1.54, 1.807) is 0 Å². The van der Waals surface area contributed by atoms with Crippen LogP contribution in [0.25, 0.3) is 0 Å². The van der Waals surface area contributed by atoms with E-state index in [4.69, 9.17) is 0 Å². The van der Waals surface area contributed by atoms with Gasteiger partial charge in [0.25, 0.3) is 5.69 Å². The Morgan fingerprint density at radius 2 is 2.06 bits per heavy atom. The van der Waals surface area contributed by atoms with Crippen LogP contribution in [0.5, 0.6) is 0 Å². The van der Waals surface area contributed by atoms with Gasteiger partial charge in [0.15, 0.2) is 0 Å². The van der Waals surface area contributed by atoms with Gasteiger partial charge in [-0.05, 0) is 51.5 Å². The summed E-state index contributed by atoms with van der Waals surface area (Å²) < 4.78 is 13.5. The second-order valence-electron chi connectivity index (χ2n) is 4.29. The predicted molar refractivity (Wildman–Crippen MR) is 64.5 cm³/mol. The second-order valence-corrected chi connectivity index (χ2v) is 4.29. The van der Waals surface area contributed by atoms with Crippen LogP contribution in [-0.2, 0) is 6.42 Å². The van der Waals surface area contributed by atoms with Gasteiger partial charge in [0.1, 0.15) is 5.82 Å². The minimum absolute atomic E-state index is 0.195. The van der Waals surface area contributed by atoms with E-state index < -0.39 is 10.7 Å². The zero-order chi connectivity index (χ0) is 12.8. The lowest BCUT2D eigenvalue weighted by Crippen LogP contribution is -2.12. The Bertz CT molecular complexity index is 394. The smallest absolute Gasteiger partial charge is 0.272 e. The van der Waals surface area contributed by atoms with Gasteiger partial charge in [-0.1, -0.05) is 0 Å². The standard InChI is InChI=1S/C12H17FN2O2/c1-14(2)8-4-3-5-10-6-7-11(15(16)17)9-12(10)13/h6-7,9H,3-5,8H2,1-2H3. The third kappa shape index (κ3) is 4.48. The van der Waals surface area contributed by atoms with Crippen molar-refractivity contribution in [2.45, 2.75) is 19.3 Å². The maximum absolute atomic E-state index is 13.5. The molecule has 0 bridgehead atoms. The average molecular weight is 240 g/mol. The molecule has 1 aromatic carbocycles. The van der Waals surface area contributed by atoms with E-state index in [1.807, 2.05) is 14.1 Å². The van der Waals surface area contributed by atoms with E-state index >= 15 is 0 Å². The van der Waals surface area contributed by atoms with Crippen LogP contribution in [0.15, 0.2) is 18.2 Å². The van der Waals surface area contributed by atoms with Gasteiger partial charge in [0, 0.05) is 6.07 Å². The van der Waals surface area contributed by atoms with Crippen molar-refractivity contribution < 1.29 is 9.31 Å². The van der Waals surface area contributed by atoms with Crippen molar-refractivity contribution in [1.82, 2.24) is 4.90 Å². The van der Waals surface area contributed by atoms with Crippen molar-refractivity contribution in [3.63, 3.8) is 0 Å². The summed E-state index contributed by atoms with van der Waals surface area (Å²) >= 11 is 0. The van der Waals surface area contributed by atoms with Gasteiger partial charge >= 0.3 is 0 Å². The van der Waals surface area contributed by atoms with E-state index in [9.17, 15) is 14.5 Å². The lowest BCUT2D eigenvalue weighted by atomic mass is 10.1. The highest BCUT2D eigenvalue weighted by Crippen LogP contribution is 2.18. The SMILES string of the molecule is CN(C)CCCCc1ccc([N+](=O)[O-])cc1F. The Balaban J connectivity index is 2.52. The van der Waals surface area contributed by atoms with Crippen LogP contribution < -0.4 is 0 Å². The number of nitro benzene ring substituents is 1. The first-order valence-corrected chi connectivity index (χ1v) is 5.58. The van der Waals surface area contributed by atoms with Crippen LogP contribution in [0.2, 0.25) is 0 Å². The highest BCUT2D eigenvalue weighted by Gasteiger charge is 2.10. The summed E-state index contributed by atoms with van der Waals surface area (Å²) in [5, 5.41) is 10.4. The molecular formula is C12H17FN2O2. The third-order valence-corrected chi connectivity index (χ3v) is 2.55. The first-order chi connectivity index (χ1) is 8.00. The van der Waals surface area contributed by atoms with Gasteiger partial charge in [-0.25, -0.2) is 4.39 Å². The molecule has 17 heavy (non-hydrogen) atoms. The van der Waals surface area contributed by atoms with Gasteiger partial charge in [0.2, 0.25) is 0 Å². The number of nitro groups is 1. The van der Waals surface area contributed by atoms with Gasteiger partial charge < -0.3 is 4.90 Å². The van der Waals surface area contributed by atoms with Crippen LogP contribution in [0.3, 0.4) is 0 Å². The van der Waals surface area contributed by atoms with Crippen LogP contribution in [0.4, 0.5) is 10.1 Å². The molecule has 0 radical (unpaired) electrons. The molecule has 94 valence electrons. The summed E-state index contributed by atoms with van der Waals surface area (Å²) in [5.74, 6) is -0.482. The van der Waals surface area contributed by atoms with E-state index in [1.165, 1.54) is 12.1 Å². The number of rotatable bonds is 6. The van der Waals surface area contributed by atoms with Crippen LogP contribution in [0.1, 0.15) is 18.4 Å². The minimum Gasteiger partial charge on any atom is -0.309 e. The molecule has 1 aromatic rings. The fourth-order valence-electron chi connectivity index (χ4n) is 1.60. The molecule has 0 saturated carbocycles. The fourth-order valence-corrected chi connectivity index (χ4v) is 1.60. The largest absolute Gasteiger partial charge is 0.309 e. The molecule has 0 N–H and O–H groups in total. The highest BCUT2D eigenvalue weighted by atomic mass is 19.1. The quantitative estimate of drug-likeness (QED) is 0.436. The number of nitrogens with zero attached hydrogens (tertiary/aromatic N) is 2. The molecule has 4 nitrogen and oxygen atoms in total. The van der Waals surface area contributed by atoms with Crippen molar-refractivity contribution >= 4 is 5.69 Å². The van der Waals surface area contributed by atoms with E-state index in [0.717, 1.165) is 25.5 Å². The van der Waals surface area contributed by atoms with E-state index in [2.05, 4.69) is 4.90 Å². The third-order valence-electron chi connectivity index (χ3n) is 2.55. The molecule has 0 spiro atoms. The summed E-state index contributed by atoms with van der Waals surface area (Å²) in [6, 6.07) is 3.84. The van der Waals surface area contributed by atoms with Crippen molar-refractivity contribution in [1.29, 1.82) is 0 Å². The Kier molecular flexibility index (Phi) is 5.03. The average Bonchev–Trinajstić information content (AvgIpc) is 2.25. The molecule has 0 heterocycles. The number of hydrogen-bond donors (Lipinski definition) is 0. The molecule has 5 heteroatoms. The molecule has 0 atom stereocenters. The molecule has 0 unspecified atom stereocenters. The van der Waals surface area contributed by atoms with E-state index in [0.29, 0.717) is 12.0 Å². The number of halogens is 1. The van der Waals surface area contributed by atoms with Crippen LogP contribution in [0, 0.1) is 15.9 Å². The molecule has 0 saturated heterocycles. The molecule has 0 aliphatic carbocycles. The number of aryl methyl sites for hydroxylation is 1. The van der Waals surface area contributed by atoms with Gasteiger partial charge in [-0.3, -0.25) is 10.1 Å². The molecule has 0 aliphatic heterocycles. The number of unbranched alkanes of at least 4 members (excludes halogenated alkanes) is 1.